The number of hydrogen-bond acceptors (Lipinski definition) is 7. The highest BCUT2D eigenvalue weighted by Gasteiger charge is 2.14. The molecular weight excluding hydrogens is 260 g/mol. The fourth-order valence-electron chi connectivity index (χ4n) is 1.98. The summed E-state index contributed by atoms with van der Waals surface area (Å²) in [5, 5.41) is 26.1. The van der Waals surface area contributed by atoms with E-state index in [1.807, 2.05) is 18.9 Å². The van der Waals surface area contributed by atoms with Crippen LogP contribution in [0.2, 0.25) is 0 Å². The molecule has 2 aromatic heterocycles. The lowest BCUT2D eigenvalue weighted by molar-refractivity contribution is 0.302. The summed E-state index contributed by atoms with van der Waals surface area (Å²) in [4.78, 5) is 10.9. The van der Waals surface area contributed by atoms with Gasteiger partial charge in [0.1, 0.15) is 5.82 Å². The van der Waals surface area contributed by atoms with Crippen LogP contribution in [-0.4, -0.2) is 62.8 Å². The van der Waals surface area contributed by atoms with E-state index in [0.717, 1.165) is 5.39 Å². The third kappa shape index (κ3) is 2.81. The first-order valence-electron chi connectivity index (χ1n) is 6.61. The smallest absolute Gasteiger partial charge is 0.229 e. The maximum atomic E-state index is 9.10. The van der Waals surface area contributed by atoms with E-state index in [2.05, 4.69) is 20.4 Å². The second-order valence-corrected chi connectivity index (χ2v) is 4.33. The molecule has 2 heterocycles. The Balaban J connectivity index is 2.46. The molecule has 0 saturated heterocycles. The van der Waals surface area contributed by atoms with Crippen molar-refractivity contribution in [2.75, 3.05) is 43.1 Å². The van der Waals surface area contributed by atoms with Gasteiger partial charge in [-0.25, -0.2) is 0 Å². The predicted octanol–water partition coefficient (Wildman–Crippen LogP) is -0.414. The Labute approximate surface area is 117 Å². The van der Waals surface area contributed by atoms with Crippen LogP contribution in [0.3, 0.4) is 0 Å². The van der Waals surface area contributed by atoms with Crippen LogP contribution < -0.4 is 10.2 Å². The Morgan fingerprint density at radius 1 is 1.30 bits per heavy atom. The molecule has 0 atom stereocenters. The fraction of sp³-hybridized carbons (Fsp3) is 0.583. The maximum absolute atomic E-state index is 9.10. The average molecular weight is 280 g/mol. The van der Waals surface area contributed by atoms with Crippen LogP contribution in [0.25, 0.3) is 11.0 Å². The minimum Gasteiger partial charge on any atom is -0.395 e. The quantitative estimate of drug-likeness (QED) is 0.634. The monoisotopic (exact) mass is 280 g/mol. The van der Waals surface area contributed by atoms with Gasteiger partial charge in [0.2, 0.25) is 5.95 Å². The highest BCUT2D eigenvalue weighted by Crippen LogP contribution is 2.22. The molecule has 0 fully saturated rings. The van der Waals surface area contributed by atoms with Crippen molar-refractivity contribution < 1.29 is 10.2 Å². The van der Waals surface area contributed by atoms with Gasteiger partial charge in [-0.15, -0.1) is 0 Å². The molecule has 0 aliphatic rings. The van der Waals surface area contributed by atoms with Crippen LogP contribution in [0, 0.1) is 0 Å². The van der Waals surface area contributed by atoms with Crippen molar-refractivity contribution in [3.8, 4) is 0 Å². The van der Waals surface area contributed by atoms with E-state index < -0.39 is 0 Å². The molecule has 8 nitrogen and oxygen atoms in total. The number of aryl methyl sites for hydroxylation is 1. The number of likely N-dealkylation sites (N-methyl/N-ethyl adjacent to an activating group) is 1. The van der Waals surface area contributed by atoms with Crippen LogP contribution in [0.1, 0.15) is 6.92 Å². The molecule has 0 radical (unpaired) electrons. The number of aliphatic hydroxyl groups excluding tert-OH is 2. The Hall–Kier alpha value is -1.93. The summed E-state index contributed by atoms with van der Waals surface area (Å²) in [5.41, 5.74) is 0.715. The SMILES string of the molecule is CCN(CCO)c1nc(NCCO)c2cnn(C)c2n1. The first-order valence-corrected chi connectivity index (χ1v) is 6.61. The number of nitrogens with one attached hydrogen (secondary N) is 1. The molecule has 0 saturated carbocycles. The summed E-state index contributed by atoms with van der Waals surface area (Å²) in [6.07, 6.45) is 1.70. The first-order chi connectivity index (χ1) is 9.71. The summed E-state index contributed by atoms with van der Waals surface area (Å²) in [5.74, 6) is 1.18. The van der Waals surface area contributed by atoms with Gasteiger partial charge >= 0.3 is 0 Å². The zero-order valence-electron chi connectivity index (χ0n) is 11.7. The van der Waals surface area contributed by atoms with E-state index in [1.165, 1.54) is 0 Å². The third-order valence-electron chi connectivity index (χ3n) is 3.02. The summed E-state index contributed by atoms with van der Waals surface area (Å²) in [6.45, 7) is 3.62. The molecule has 2 aromatic rings. The molecule has 0 spiro atoms. The Morgan fingerprint density at radius 3 is 2.75 bits per heavy atom. The minimum absolute atomic E-state index is 0.0230. The standard InChI is InChI=1S/C12H20N6O2/c1-3-18(5-7-20)12-15-10(13-4-6-19)9-8-14-17(2)11(9)16-12/h8,19-20H,3-7H2,1-2H3,(H,13,15,16). The number of aromatic nitrogens is 4. The Morgan fingerprint density at radius 2 is 2.10 bits per heavy atom. The van der Waals surface area contributed by atoms with Gasteiger partial charge in [0, 0.05) is 26.7 Å². The van der Waals surface area contributed by atoms with Crippen LogP contribution in [0.5, 0.6) is 0 Å². The van der Waals surface area contributed by atoms with E-state index in [4.69, 9.17) is 10.2 Å². The molecule has 0 aliphatic heterocycles. The molecule has 2 rings (SSSR count). The van der Waals surface area contributed by atoms with Gasteiger partial charge in [0.05, 0.1) is 24.8 Å². The van der Waals surface area contributed by atoms with Crippen molar-refractivity contribution in [3.05, 3.63) is 6.20 Å². The summed E-state index contributed by atoms with van der Waals surface area (Å²) >= 11 is 0. The third-order valence-corrected chi connectivity index (χ3v) is 3.02. The zero-order chi connectivity index (χ0) is 14.5. The van der Waals surface area contributed by atoms with E-state index in [1.54, 1.807) is 10.9 Å². The average Bonchev–Trinajstić information content (AvgIpc) is 2.84. The van der Waals surface area contributed by atoms with E-state index in [-0.39, 0.29) is 13.2 Å². The van der Waals surface area contributed by atoms with Gasteiger partial charge in [0.25, 0.3) is 0 Å². The Kier molecular flexibility index (Phi) is 4.70. The second kappa shape index (κ2) is 6.49. The van der Waals surface area contributed by atoms with Crippen LogP contribution in [0.4, 0.5) is 11.8 Å². The molecule has 0 unspecified atom stereocenters. The van der Waals surface area contributed by atoms with E-state index >= 15 is 0 Å². The zero-order valence-corrected chi connectivity index (χ0v) is 11.7. The number of rotatable bonds is 7. The highest BCUT2D eigenvalue weighted by molar-refractivity contribution is 5.87. The fourth-order valence-corrected chi connectivity index (χ4v) is 1.98. The van der Waals surface area contributed by atoms with Gasteiger partial charge in [-0.1, -0.05) is 0 Å². The molecule has 3 N–H and O–H groups in total. The van der Waals surface area contributed by atoms with Crippen molar-refractivity contribution in [1.82, 2.24) is 19.7 Å². The molecule has 110 valence electrons. The lowest BCUT2D eigenvalue weighted by Crippen LogP contribution is -2.28. The van der Waals surface area contributed by atoms with Gasteiger partial charge in [-0.05, 0) is 6.92 Å². The van der Waals surface area contributed by atoms with Gasteiger partial charge < -0.3 is 20.4 Å². The van der Waals surface area contributed by atoms with Gasteiger partial charge in [-0.3, -0.25) is 4.68 Å². The summed E-state index contributed by atoms with van der Waals surface area (Å²) in [7, 11) is 1.82. The topological polar surface area (TPSA) is 99.3 Å². The lowest BCUT2D eigenvalue weighted by atomic mass is 10.4. The summed E-state index contributed by atoms with van der Waals surface area (Å²) in [6, 6.07) is 0. The molecule has 8 heteroatoms. The van der Waals surface area contributed by atoms with Gasteiger partial charge in [-0.2, -0.15) is 15.1 Å². The van der Waals surface area contributed by atoms with Crippen molar-refractivity contribution in [2.45, 2.75) is 6.92 Å². The number of fused-ring (bicyclic) bond motifs is 1. The largest absolute Gasteiger partial charge is 0.395 e. The van der Waals surface area contributed by atoms with Gasteiger partial charge in [0.15, 0.2) is 5.65 Å². The summed E-state index contributed by atoms with van der Waals surface area (Å²) < 4.78 is 1.68. The minimum atomic E-state index is 0.0230. The first kappa shape index (κ1) is 14.5. The van der Waals surface area contributed by atoms with Crippen LogP contribution in [-0.2, 0) is 7.05 Å². The Bertz CT molecular complexity index is 570. The molecule has 0 amide bonds. The normalized spacial score (nSPS) is 11.0. The van der Waals surface area contributed by atoms with Crippen molar-refractivity contribution in [1.29, 1.82) is 0 Å². The van der Waals surface area contributed by atoms with Crippen molar-refractivity contribution in [3.63, 3.8) is 0 Å². The number of hydrogen-bond donors (Lipinski definition) is 3. The number of aliphatic hydroxyl groups is 2. The molecular formula is C12H20N6O2. The molecule has 0 aromatic carbocycles. The maximum Gasteiger partial charge on any atom is 0.229 e. The van der Waals surface area contributed by atoms with Crippen molar-refractivity contribution in [2.24, 2.45) is 7.05 Å². The number of nitrogens with zero attached hydrogens (tertiary/aromatic N) is 5. The predicted molar refractivity (Wildman–Crippen MR) is 76.9 cm³/mol. The van der Waals surface area contributed by atoms with Crippen LogP contribution >= 0.6 is 0 Å². The number of anilines is 2. The van der Waals surface area contributed by atoms with E-state index in [9.17, 15) is 0 Å². The highest BCUT2D eigenvalue weighted by atomic mass is 16.3. The molecule has 0 bridgehead atoms. The molecule has 20 heavy (non-hydrogen) atoms. The van der Waals surface area contributed by atoms with E-state index in [0.29, 0.717) is 37.0 Å². The van der Waals surface area contributed by atoms with Crippen molar-refractivity contribution >= 4 is 22.8 Å². The lowest BCUT2D eigenvalue weighted by Gasteiger charge is -2.20. The van der Waals surface area contributed by atoms with Crippen LogP contribution in [0.15, 0.2) is 6.20 Å². The molecule has 0 aliphatic carbocycles. The second-order valence-electron chi connectivity index (χ2n) is 4.33.